The van der Waals surface area contributed by atoms with Crippen LogP contribution in [-0.4, -0.2) is 35.0 Å². The number of benzene rings is 1. The van der Waals surface area contributed by atoms with E-state index in [-0.39, 0.29) is 5.91 Å². The zero-order chi connectivity index (χ0) is 12.4. The second kappa shape index (κ2) is 4.78. The molecule has 5 nitrogen and oxygen atoms in total. The first-order valence-electron chi connectivity index (χ1n) is 6.27. The van der Waals surface area contributed by atoms with Gasteiger partial charge >= 0.3 is 0 Å². The van der Waals surface area contributed by atoms with Crippen molar-refractivity contribution in [2.45, 2.75) is 18.9 Å². The van der Waals surface area contributed by atoms with Crippen LogP contribution >= 0.6 is 0 Å². The monoisotopic (exact) mass is 244 g/mol. The van der Waals surface area contributed by atoms with Crippen LogP contribution in [0.2, 0.25) is 0 Å². The molecule has 5 heteroatoms. The summed E-state index contributed by atoms with van der Waals surface area (Å²) in [6.07, 6.45) is 3.97. The topological polar surface area (TPSA) is 69.8 Å². The van der Waals surface area contributed by atoms with Gasteiger partial charge in [-0.3, -0.25) is 4.79 Å². The summed E-state index contributed by atoms with van der Waals surface area (Å²) in [6.45, 7) is 1.75. The van der Waals surface area contributed by atoms with Gasteiger partial charge in [0.2, 0.25) is 0 Å². The fourth-order valence-electron chi connectivity index (χ4n) is 2.33. The van der Waals surface area contributed by atoms with Gasteiger partial charge in [0.15, 0.2) is 0 Å². The van der Waals surface area contributed by atoms with Crippen molar-refractivity contribution in [2.24, 2.45) is 0 Å². The lowest BCUT2D eigenvalue weighted by Gasteiger charge is -2.11. The second-order valence-electron chi connectivity index (χ2n) is 4.64. The molecule has 1 amide bonds. The number of fused-ring (bicyclic) bond motifs is 1. The molecular weight excluding hydrogens is 228 g/mol. The molecular formula is C13H16N4O. The summed E-state index contributed by atoms with van der Waals surface area (Å²) in [4.78, 5) is 19.1. The van der Waals surface area contributed by atoms with E-state index in [2.05, 4.69) is 20.6 Å². The van der Waals surface area contributed by atoms with Crippen LogP contribution in [0.1, 0.15) is 23.2 Å². The van der Waals surface area contributed by atoms with E-state index >= 15 is 0 Å². The molecule has 1 unspecified atom stereocenters. The van der Waals surface area contributed by atoms with Gasteiger partial charge in [-0.05, 0) is 37.6 Å². The first kappa shape index (κ1) is 11.2. The third-order valence-corrected chi connectivity index (χ3v) is 3.35. The van der Waals surface area contributed by atoms with Gasteiger partial charge in [0.25, 0.3) is 5.91 Å². The molecule has 1 aromatic carbocycles. The first-order chi connectivity index (χ1) is 8.83. The SMILES string of the molecule is O=C(NCC1CCCN1)c1ccc2nc[nH]c2c1. The van der Waals surface area contributed by atoms with E-state index in [9.17, 15) is 4.79 Å². The molecule has 3 N–H and O–H groups in total. The van der Waals surface area contributed by atoms with Crippen molar-refractivity contribution in [1.29, 1.82) is 0 Å². The van der Waals surface area contributed by atoms with E-state index in [0.29, 0.717) is 18.2 Å². The number of rotatable bonds is 3. The fraction of sp³-hybridized carbons (Fsp3) is 0.385. The Morgan fingerprint density at radius 1 is 1.50 bits per heavy atom. The number of nitrogens with zero attached hydrogens (tertiary/aromatic N) is 1. The molecule has 1 aliphatic rings. The number of hydrogen-bond acceptors (Lipinski definition) is 3. The molecule has 94 valence electrons. The summed E-state index contributed by atoms with van der Waals surface area (Å²) in [6, 6.07) is 5.92. The molecule has 0 aliphatic carbocycles. The molecule has 0 bridgehead atoms. The van der Waals surface area contributed by atoms with Crippen LogP contribution in [-0.2, 0) is 0 Å². The van der Waals surface area contributed by atoms with E-state index in [1.165, 1.54) is 6.42 Å². The number of amides is 1. The standard InChI is InChI=1S/C13H16N4O/c18-13(15-7-10-2-1-5-14-10)9-3-4-11-12(6-9)17-8-16-11/h3-4,6,8,10,14H,1-2,5,7H2,(H,15,18)(H,16,17). The largest absolute Gasteiger partial charge is 0.350 e. The lowest BCUT2D eigenvalue weighted by Crippen LogP contribution is -2.37. The summed E-state index contributed by atoms with van der Waals surface area (Å²) >= 11 is 0. The summed E-state index contributed by atoms with van der Waals surface area (Å²) in [5.41, 5.74) is 2.44. The summed E-state index contributed by atoms with van der Waals surface area (Å²) < 4.78 is 0. The normalized spacial score (nSPS) is 19.2. The van der Waals surface area contributed by atoms with Crippen LogP contribution < -0.4 is 10.6 Å². The number of aromatic nitrogens is 2. The van der Waals surface area contributed by atoms with Crippen molar-refractivity contribution >= 4 is 16.9 Å². The van der Waals surface area contributed by atoms with E-state index in [1.807, 2.05) is 12.1 Å². The van der Waals surface area contributed by atoms with Gasteiger partial charge in [0.1, 0.15) is 0 Å². The highest BCUT2D eigenvalue weighted by Crippen LogP contribution is 2.11. The molecule has 0 radical (unpaired) electrons. The van der Waals surface area contributed by atoms with Gasteiger partial charge in [0, 0.05) is 18.2 Å². The van der Waals surface area contributed by atoms with Crippen LogP contribution in [0.3, 0.4) is 0 Å². The Hall–Kier alpha value is -1.88. The highest BCUT2D eigenvalue weighted by molar-refractivity contribution is 5.97. The number of imidazole rings is 1. The van der Waals surface area contributed by atoms with Crippen molar-refractivity contribution in [2.75, 3.05) is 13.1 Å². The van der Waals surface area contributed by atoms with Crippen molar-refractivity contribution in [1.82, 2.24) is 20.6 Å². The number of H-pyrrole nitrogens is 1. The lowest BCUT2D eigenvalue weighted by molar-refractivity contribution is 0.0950. The maximum atomic E-state index is 12.0. The van der Waals surface area contributed by atoms with Crippen LogP contribution in [0.4, 0.5) is 0 Å². The quantitative estimate of drug-likeness (QED) is 0.755. The van der Waals surface area contributed by atoms with Gasteiger partial charge in [-0.15, -0.1) is 0 Å². The first-order valence-corrected chi connectivity index (χ1v) is 6.27. The molecule has 1 saturated heterocycles. The molecule has 2 aromatic rings. The molecule has 2 heterocycles. The Bertz CT molecular complexity index is 557. The lowest BCUT2D eigenvalue weighted by atomic mass is 10.1. The van der Waals surface area contributed by atoms with Gasteiger partial charge in [-0.2, -0.15) is 0 Å². The Morgan fingerprint density at radius 3 is 3.28 bits per heavy atom. The third kappa shape index (κ3) is 2.22. The summed E-state index contributed by atoms with van der Waals surface area (Å²) in [5, 5.41) is 6.32. The van der Waals surface area contributed by atoms with E-state index < -0.39 is 0 Å². The Kier molecular flexibility index (Phi) is 2.98. The second-order valence-corrected chi connectivity index (χ2v) is 4.64. The summed E-state index contributed by atoms with van der Waals surface area (Å²) in [5.74, 6) is -0.0276. The van der Waals surface area contributed by atoms with Crippen LogP contribution in [0.15, 0.2) is 24.5 Å². The Balaban J connectivity index is 1.67. The van der Waals surface area contributed by atoms with Gasteiger partial charge < -0.3 is 15.6 Å². The minimum atomic E-state index is -0.0276. The molecule has 1 aliphatic heterocycles. The van der Waals surface area contributed by atoms with Crippen molar-refractivity contribution in [3.05, 3.63) is 30.1 Å². The molecule has 1 aromatic heterocycles. The number of aromatic amines is 1. The molecule has 0 saturated carbocycles. The Labute approximate surface area is 105 Å². The van der Waals surface area contributed by atoms with Crippen LogP contribution in [0.5, 0.6) is 0 Å². The minimum absolute atomic E-state index is 0.0276. The number of nitrogens with one attached hydrogen (secondary N) is 3. The van der Waals surface area contributed by atoms with Gasteiger partial charge in [-0.25, -0.2) is 4.98 Å². The van der Waals surface area contributed by atoms with E-state index in [4.69, 9.17) is 0 Å². The minimum Gasteiger partial charge on any atom is -0.350 e. The maximum Gasteiger partial charge on any atom is 0.251 e. The van der Waals surface area contributed by atoms with Crippen LogP contribution in [0.25, 0.3) is 11.0 Å². The molecule has 18 heavy (non-hydrogen) atoms. The predicted octanol–water partition coefficient (Wildman–Crippen LogP) is 1.04. The molecule has 0 spiro atoms. The van der Waals surface area contributed by atoms with Gasteiger partial charge in [0.05, 0.1) is 17.4 Å². The molecule has 1 atom stereocenters. The zero-order valence-electron chi connectivity index (χ0n) is 10.1. The highest BCUT2D eigenvalue weighted by atomic mass is 16.1. The van der Waals surface area contributed by atoms with Crippen molar-refractivity contribution in [3.63, 3.8) is 0 Å². The maximum absolute atomic E-state index is 12.0. The number of hydrogen-bond donors (Lipinski definition) is 3. The van der Waals surface area contributed by atoms with Crippen molar-refractivity contribution in [3.8, 4) is 0 Å². The fourth-order valence-corrected chi connectivity index (χ4v) is 2.33. The van der Waals surface area contributed by atoms with Gasteiger partial charge in [-0.1, -0.05) is 0 Å². The Morgan fingerprint density at radius 2 is 2.44 bits per heavy atom. The third-order valence-electron chi connectivity index (χ3n) is 3.35. The van der Waals surface area contributed by atoms with E-state index in [0.717, 1.165) is 24.0 Å². The van der Waals surface area contributed by atoms with Crippen LogP contribution in [0, 0.1) is 0 Å². The molecule has 3 rings (SSSR count). The zero-order valence-corrected chi connectivity index (χ0v) is 10.1. The predicted molar refractivity (Wildman–Crippen MR) is 69.5 cm³/mol. The highest BCUT2D eigenvalue weighted by Gasteiger charge is 2.15. The average Bonchev–Trinajstić information content (AvgIpc) is 3.05. The average molecular weight is 244 g/mol. The van der Waals surface area contributed by atoms with Crippen molar-refractivity contribution < 1.29 is 4.79 Å². The van der Waals surface area contributed by atoms with E-state index in [1.54, 1.807) is 12.4 Å². The summed E-state index contributed by atoms with van der Waals surface area (Å²) in [7, 11) is 0. The number of carbonyl (C=O) groups is 1. The number of carbonyl (C=O) groups excluding carboxylic acids is 1. The smallest absolute Gasteiger partial charge is 0.251 e. The molecule has 1 fully saturated rings.